The van der Waals surface area contributed by atoms with E-state index in [9.17, 15) is 0 Å². The zero-order valence-electron chi connectivity index (χ0n) is 2.60. The minimum atomic E-state index is 0.711. The molecule has 0 unspecified atom stereocenters. The Hall–Kier alpha value is -0.443. The Labute approximate surface area is 32.1 Å². The average molecular weight is 83.1 g/mol. The Morgan fingerprint density at radius 2 is 2.80 bits per heavy atom. The van der Waals surface area contributed by atoms with E-state index in [0.717, 1.165) is 0 Å². The van der Waals surface area contributed by atoms with Gasteiger partial charge in [0.2, 0.25) is 0 Å². The van der Waals surface area contributed by atoms with E-state index < -0.39 is 0 Å². The van der Waals surface area contributed by atoms with Gasteiger partial charge in [0.15, 0.2) is 0 Å². The number of hydrogen-bond donors (Lipinski definition) is 1. The van der Waals surface area contributed by atoms with Crippen LogP contribution in [0.5, 0.6) is 0 Å². The van der Waals surface area contributed by atoms with Crippen LogP contribution in [0.3, 0.4) is 0 Å². The van der Waals surface area contributed by atoms with Gasteiger partial charge < -0.3 is 4.75 Å². The zero-order chi connectivity index (χ0) is 3.54. The van der Waals surface area contributed by atoms with E-state index in [-0.39, 0.29) is 0 Å². The Morgan fingerprint density at radius 3 is 3.00 bits per heavy atom. The second-order valence-electron chi connectivity index (χ2n) is 0.701. The SMILES string of the molecule is c1c[si-][nH]n1. The fourth-order valence-corrected chi connectivity index (χ4v) is 0.559. The lowest BCUT2D eigenvalue weighted by Gasteiger charge is -1.68. The first-order valence-electron chi connectivity index (χ1n) is 1.35. The molecule has 1 aromatic heterocycles. The summed E-state index contributed by atoms with van der Waals surface area (Å²) in [6.45, 7) is 0. The summed E-state index contributed by atoms with van der Waals surface area (Å²) in [5, 5.41) is 3.67. The maximum Gasteiger partial charge on any atom is 0.00512 e. The van der Waals surface area contributed by atoms with Gasteiger partial charge in [0.25, 0.3) is 0 Å². The summed E-state index contributed by atoms with van der Waals surface area (Å²) in [5.74, 6) is 0. The van der Waals surface area contributed by atoms with Crippen molar-refractivity contribution in [2.45, 2.75) is 0 Å². The molecule has 0 amide bonds. The third-order valence-corrected chi connectivity index (χ3v) is 0.935. The molecule has 0 saturated heterocycles. The van der Waals surface area contributed by atoms with Crippen LogP contribution >= 0.6 is 0 Å². The number of H-pyrrole nitrogens is 1. The van der Waals surface area contributed by atoms with Gasteiger partial charge in [0.1, 0.15) is 0 Å². The monoisotopic (exact) mass is 83.0 g/mol. The number of aromatic amines is 1. The molecule has 0 fully saturated rings. The quantitative estimate of drug-likeness (QED) is 0.430. The van der Waals surface area contributed by atoms with Gasteiger partial charge in [-0.15, -0.1) is 0 Å². The predicted octanol–water partition coefficient (Wildman–Crippen LogP) is -0.252. The summed E-state index contributed by atoms with van der Waals surface area (Å²) in [4.78, 5) is 0. The molecule has 3 heteroatoms. The Bertz CT molecular complexity index is 64.1. The van der Waals surface area contributed by atoms with Crippen molar-refractivity contribution in [2.24, 2.45) is 0 Å². The smallest absolute Gasteiger partial charge is 0.00512 e. The molecule has 1 heterocycles. The second kappa shape index (κ2) is 1.12. The topological polar surface area (TPSA) is 28.7 Å². The van der Waals surface area contributed by atoms with Crippen molar-refractivity contribution in [2.75, 3.05) is 0 Å². The van der Waals surface area contributed by atoms with E-state index in [1.807, 2.05) is 5.68 Å². The summed E-state index contributed by atoms with van der Waals surface area (Å²) in [6.07, 6.45) is 1.76. The maximum atomic E-state index is 3.67. The van der Waals surface area contributed by atoms with Crippen LogP contribution in [0.15, 0.2) is 11.9 Å². The van der Waals surface area contributed by atoms with Crippen LogP contribution in [0, 0.1) is 0 Å². The van der Waals surface area contributed by atoms with Gasteiger partial charge in [-0.3, -0.25) is 9.29 Å². The molecular weight excluding hydrogens is 80.1 g/mol. The zero-order valence-corrected chi connectivity index (χ0v) is 3.60. The third-order valence-electron chi connectivity index (χ3n) is 0.362. The fraction of sp³-hybridized carbons (Fsp3) is 0. The van der Waals surface area contributed by atoms with Crippen molar-refractivity contribution in [1.82, 2.24) is 9.85 Å². The molecule has 0 aliphatic carbocycles. The van der Waals surface area contributed by atoms with Crippen LogP contribution in [0.25, 0.3) is 0 Å². The molecular formula is C2H3N2Si-. The highest BCUT2D eigenvalue weighted by Gasteiger charge is 1.41. The average Bonchev–Trinajstić information content (AvgIpc) is 1.76. The third kappa shape index (κ3) is 0.415. The van der Waals surface area contributed by atoms with Gasteiger partial charge in [0.05, 0.1) is 0 Å². The Balaban J connectivity index is 3.13. The van der Waals surface area contributed by atoms with Crippen LogP contribution < -0.4 is 0 Å². The number of rotatable bonds is 0. The highest BCUT2D eigenvalue weighted by Crippen LogP contribution is 1.54. The lowest BCUT2D eigenvalue weighted by Crippen LogP contribution is -1.63. The minimum Gasteiger partial charge on any atom is -0.491 e. The highest BCUT2D eigenvalue weighted by molar-refractivity contribution is 6.19. The molecule has 26 valence electrons. The van der Waals surface area contributed by atoms with E-state index in [2.05, 4.69) is 9.85 Å². The van der Waals surface area contributed by atoms with Crippen LogP contribution in [0.2, 0.25) is 0 Å². The van der Waals surface area contributed by atoms with Crippen molar-refractivity contribution in [3.05, 3.63) is 11.9 Å². The summed E-state index contributed by atoms with van der Waals surface area (Å²) in [7, 11) is 0.711. The van der Waals surface area contributed by atoms with Crippen molar-refractivity contribution in [3.63, 3.8) is 0 Å². The first kappa shape index (κ1) is 2.78. The molecule has 1 N–H and O–H groups in total. The molecule has 1 aromatic rings. The van der Waals surface area contributed by atoms with Gasteiger partial charge in [-0.25, -0.2) is 10.8 Å². The van der Waals surface area contributed by atoms with E-state index in [1.165, 1.54) is 0 Å². The number of hydrogen-bond acceptors (Lipinski definition) is 1. The van der Waals surface area contributed by atoms with E-state index in [0.29, 0.717) is 9.29 Å². The van der Waals surface area contributed by atoms with Crippen LogP contribution in [-0.2, 0) is 0 Å². The second-order valence-corrected chi connectivity index (χ2v) is 1.55. The number of nitrogens with one attached hydrogen (secondary N) is 1. The molecule has 2 nitrogen and oxygen atoms in total. The lowest BCUT2D eigenvalue weighted by molar-refractivity contribution is 1.15. The van der Waals surface area contributed by atoms with Gasteiger partial charge in [-0.05, 0) is 0 Å². The van der Waals surface area contributed by atoms with Crippen molar-refractivity contribution in [1.29, 1.82) is 0 Å². The first-order chi connectivity index (χ1) is 2.50. The largest absolute Gasteiger partial charge is 0.491 e. The summed E-state index contributed by atoms with van der Waals surface area (Å²) in [6, 6.07) is 0. The molecule has 0 spiro atoms. The Morgan fingerprint density at radius 1 is 1.80 bits per heavy atom. The molecule has 0 aromatic carbocycles. The van der Waals surface area contributed by atoms with Crippen molar-refractivity contribution < 1.29 is 0 Å². The summed E-state index contributed by atoms with van der Waals surface area (Å²) >= 11 is 0. The van der Waals surface area contributed by atoms with Gasteiger partial charge in [-0.2, -0.15) is 0 Å². The van der Waals surface area contributed by atoms with Crippen LogP contribution in [0.4, 0.5) is 0 Å². The molecule has 0 aliphatic rings. The van der Waals surface area contributed by atoms with Crippen LogP contribution in [0.1, 0.15) is 0 Å². The van der Waals surface area contributed by atoms with E-state index >= 15 is 0 Å². The van der Waals surface area contributed by atoms with Gasteiger partial charge in [0, 0.05) is 6.20 Å². The van der Waals surface area contributed by atoms with E-state index in [1.54, 1.807) is 6.20 Å². The molecule has 0 atom stereocenters. The molecule has 0 aliphatic heterocycles. The first-order valence-corrected chi connectivity index (χ1v) is 2.43. The van der Waals surface area contributed by atoms with Crippen LogP contribution in [-0.4, -0.2) is 19.1 Å². The molecule has 1 rings (SSSR count). The molecule has 0 radical (unpaired) electrons. The maximum absolute atomic E-state index is 3.67. The fourth-order valence-electron chi connectivity index (χ4n) is 0.186. The van der Waals surface area contributed by atoms with Gasteiger partial charge >= 0.3 is 0 Å². The molecule has 0 bridgehead atoms. The Kier molecular flexibility index (Phi) is 0.622. The molecule has 0 saturated carbocycles. The van der Waals surface area contributed by atoms with E-state index in [4.69, 9.17) is 0 Å². The standard InChI is InChI=1S/C2H3N2Si/c1-2-5-4-3-1/h1-2,4H/q-1. The normalized spacial score (nSPS) is 8.00. The predicted molar refractivity (Wildman–Crippen MR) is 19.9 cm³/mol. The van der Waals surface area contributed by atoms with Crippen molar-refractivity contribution >= 4 is 9.29 Å². The highest BCUT2D eigenvalue weighted by atomic mass is 28.2. The summed E-state index contributed by atoms with van der Waals surface area (Å²) in [5.41, 5.74) is 1.99. The molecule has 5 heavy (non-hydrogen) atoms. The number of aromatic nitrogens is 2. The van der Waals surface area contributed by atoms with Crippen molar-refractivity contribution in [3.8, 4) is 0 Å². The summed E-state index contributed by atoms with van der Waals surface area (Å²) < 4.78 is 2.76. The number of nitrogens with zero attached hydrogens (tertiary/aromatic N) is 1. The van der Waals surface area contributed by atoms with Gasteiger partial charge in [-0.1, -0.05) is 0 Å². The lowest BCUT2D eigenvalue weighted by atomic mass is 11.0. The minimum absolute atomic E-state index is 0.711.